The molecule has 1 amide bonds. The third-order valence-electron chi connectivity index (χ3n) is 4.37. The molecule has 0 saturated carbocycles. The molecule has 0 saturated heterocycles. The highest BCUT2D eigenvalue weighted by Gasteiger charge is 2.16. The van der Waals surface area contributed by atoms with Crippen LogP contribution in [0.1, 0.15) is 18.1 Å². The van der Waals surface area contributed by atoms with Gasteiger partial charge in [-0.15, -0.1) is 0 Å². The van der Waals surface area contributed by atoms with Gasteiger partial charge in [0.05, 0.1) is 0 Å². The second kappa shape index (κ2) is 7.87. The fraction of sp³-hybridized carbons (Fsp3) is 0.174. The molecule has 1 N–H and O–H groups in total. The van der Waals surface area contributed by atoms with E-state index in [4.69, 9.17) is 4.74 Å². The van der Waals surface area contributed by atoms with Crippen LogP contribution in [0.25, 0.3) is 11.1 Å². The minimum atomic E-state index is -0.586. The molecular formula is C23H23NO2. The molecule has 0 fully saturated rings. The van der Waals surface area contributed by atoms with E-state index in [0.717, 1.165) is 27.9 Å². The summed E-state index contributed by atoms with van der Waals surface area (Å²) in [7, 11) is 0. The van der Waals surface area contributed by atoms with Crippen molar-refractivity contribution in [3.63, 3.8) is 0 Å². The first-order chi connectivity index (χ1) is 12.5. The van der Waals surface area contributed by atoms with Crippen LogP contribution in [-0.2, 0) is 4.79 Å². The van der Waals surface area contributed by atoms with Gasteiger partial charge in [-0.25, -0.2) is 0 Å². The van der Waals surface area contributed by atoms with E-state index in [0.29, 0.717) is 5.75 Å². The van der Waals surface area contributed by atoms with E-state index in [1.54, 1.807) is 6.92 Å². The van der Waals surface area contributed by atoms with Gasteiger partial charge in [0, 0.05) is 5.69 Å². The van der Waals surface area contributed by atoms with Gasteiger partial charge in [0.15, 0.2) is 6.10 Å². The van der Waals surface area contributed by atoms with Gasteiger partial charge in [0.25, 0.3) is 5.91 Å². The molecule has 0 spiro atoms. The Morgan fingerprint density at radius 2 is 1.38 bits per heavy atom. The SMILES string of the molecule is Cc1cccc(C)c1NC(=O)C(C)Oc1ccc(-c2ccccc2)cc1. The molecule has 0 radical (unpaired) electrons. The Labute approximate surface area is 154 Å². The van der Waals surface area contributed by atoms with Crippen LogP contribution in [0.4, 0.5) is 5.69 Å². The van der Waals surface area contributed by atoms with Gasteiger partial charge >= 0.3 is 0 Å². The molecule has 3 rings (SSSR count). The van der Waals surface area contributed by atoms with Crippen LogP contribution in [-0.4, -0.2) is 12.0 Å². The van der Waals surface area contributed by atoms with Crippen LogP contribution in [0.15, 0.2) is 72.8 Å². The van der Waals surface area contributed by atoms with Gasteiger partial charge in [0.2, 0.25) is 0 Å². The van der Waals surface area contributed by atoms with Crippen molar-refractivity contribution < 1.29 is 9.53 Å². The molecule has 1 atom stereocenters. The topological polar surface area (TPSA) is 38.3 Å². The molecule has 1 unspecified atom stereocenters. The van der Waals surface area contributed by atoms with Gasteiger partial charge in [-0.2, -0.15) is 0 Å². The van der Waals surface area contributed by atoms with Crippen molar-refractivity contribution in [2.45, 2.75) is 26.9 Å². The molecule has 0 aliphatic heterocycles. The smallest absolute Gasteiger partial charge is 0.265 e. The zero-order chi connectivity index (χ0) is 18.5. The molecule has 3 heteroatoms. The number of hydrogen-bond acceptors (Lipinski definition) is 2. The van der Waals surface area contributed by atoms with Gasteiger partial charge in [-0.3, -0.25) is 4.79 Å². The highest BCUT2D eigenvalue weighted by Crippen LogP contribution is 2.23. The third kappa shape index (κ3) is 4.12. The molecule has 0 aliphatic rings. The number of aryl methyl sites for hydroxylation is 2. The number of carbonyl (C=O) groups is 1. The number of rotatable bonds is 5. The zero-order valence-corrected chi connectivity index (χ0v) is 15.3. The minimum absolute atomic E-state index is 0.158. The first kappa shape index (κ1) is 17.7. The number of ether oxygens (including phenoxy) is 1. The average molecular weight is 345 g/mol. The Morgan fingerprint density at radius 1 is 0.808 bits per heavy atom. The molecular weight excluding hydrogens is 322 g/mol. The summed E-state index contributed by atoms with van der Waals surface area (Å²) < 4.78 is 5.81. The minimum Gasteiger partial charge on any atom is -0.481 e. The summed E-state index contributed by atoms with van der Waals surface area (Å²) in [6.45, 7) is 5.72. The van der Waals surface area contributed by atoms with E-state index in [1.807, 2.05) is 74.5 Å². The quantitative estimate of drug-likeness (QED) is 0.674. The zero-order valence-electron chi connectivity index (χ0n) is 15.3. The number of para-hydroxylation sites is 1. The molecule has 132 valence electrons. The molecule has 3 aromatic rings. The van der Waals surface area contributed by atoms with E-state index in [2.05, 4.69) is 17.4 Å². The molecule has 3 nitrogen and oxygen atoms in total. The van der Waals surface area contributed by atoms with Crippen LogP contribution < -0.4 is 10.1 Å². The Hall–Kier alpha value is -3.07. The van der Waals surface area contributed by atoms with Gasteiger partial charge in [-0.1, -0.05) is 60.7 Å². The predicted octanol–water partition coefficient (Wildman–Crippen LogP) is 5.38. The van der Waals surface area contributed by atoms with E-state index < -0.39 is 6.10 Å². The summed E-state index contributed by atoms with van der Waals surface area (Å²) >= 11 is 0. The maximum Gasteiger partial charge on any atom is 0.265 e. The Balaban J connectivity index is 1.66. The van der Waals surface area contributed by atoms with E-state index in [-0.39, 0.29) is 5.91 Å². The van der Waals surface area contributed by atoms with Crippen molar-refractivity contribution >= 4 is 11.6 Å². The predicted molar refractivity (Wildman–Crippen MR) is 107 cm³/mol. The molecule has 0 heterocycles. The summed E-state index contributed by atoms with van der Waals surface area (Å²) in [6.07, 6.45) is -0.586. The lowest BCUT2D eigenvalue weighted by atomic mass is 10.1. The maximum absolute atomic E-state index is 12.5. The lowest BCUT2D eigenvalue weighted by Crippen LogP contribution is -2.30. The highest BCUT2D eigenvalue weighted by molar-refractivity contribution is 5.95. The number of anilines is 1. The maximum atomic E-state index is 12.5. The average Bonchev–Trinajstić information content (AvgIpc) is 2.66. The second-order valence-corrected chi connectivity index (χ2v) is 6.41. The van der Waals surface area contributed by atoms with Crippen molar-refractivity contribution in [2.75, 3.05) is 5.32 Å². The van der Waals surface area contributed by atoms with Crippen LogP contribution in [0.2, 0.25) is 0 Å². The number of benzene rings is 3. The number of carbonyl (C=O) groups excluding carboxylic acids is 1. The standard InChI is InChI=1S/C23H23NO2/c1-16-8-7-9-17(2)22(16)24-23(25)18(3)26-21-14-12-20(13-15-21)19-10-5-4-6-11-19/h4-15,18H,1-3H3,(H,24,25). The monoisotopic (exact) mass is 345 g/mol. The fourth-order valence-corrected chi connectivity index (χ4v) is 2.85. The van der Waals surface area contributed by atoms with Crippen molar-refractivity contribution in [3.05, 3.63) is 83.9 Å². The van der Waals surface area contributed by atoms with Gasteiger partial charge in [0.1, 0.15) is 5.75 Å². The Morgan fingerprint density at radius 3 is 2.00 bits per heavy atom. The number of hydrogen-bond donors (Lipinski definition) is 1. The Bertz CT molecular complexity index is 866. The fourth-order valence-electron chi connectivity index (χ4n) is 2.85. The van der Waals surface area contributed by atoms with Crippen LogP contribution >= 0.6 is 0 Å². The van der Waals surface area contributed by atoms with Gasteiger partial charge in [-0.05, 0) is 55.2 Å². The molecule has 26 heavy (non-hydrogen) atoms. The highest BCUT2D eigenvalue weighted by atomic mass is 16.5. The largest absolute Gasteiger partial charge is 0.481 e. The number of nitrogens with one attached hydrogen (secondary N) is 1. The summed E-state index contributed by atoms with van der Waals surface area (Å²) in [4.78, 5) is 12.5. The second-order valence-electron chi connectivity index (χ2n) is 6.41. The first-order valence-corrected chi connectivity index (χ1v) is 8.74. The van der Waals surface area contributed by atoms with E-state index in [1.165, 1.54) is 0 Å². The molecule has 3 aromatic carbocycles. The Kier molecular flexibility index (Phi) is 5.37. The van der Waals surface area contributed by atoms with Crippen LogP contribution in [0.3, 0.4) is 0 Å². The molecule has 0 aromatic heterocycles. The van der Waals surface area contributed by atoms with Gasteiger partial charge < -0.3 is 10.1 Å². The third-order valence-corrected chi connectivity index (χ3v) is 4.37. The summed E-state index contributed by atoms with van der Waals surface area (Å²) in [5, 5.41) is 2.97. The van der Waals surface area contributed by atoms with E-state index in [9.17, 15) is 4.79 Å². The number of amides is 1. The summed E-state index contributed by atoms with van der Waals surface area (Å²) in [6, 6.07) is 23.9. The van der Waals surface area contributed by atoms with Crippen molar-refractivity contribution in [2.24, 2.45) is 0 Å². The summed E-state index contributed by atoms with van der Waals surface area (Å²) in [5.74, 6) is 0.517. The van der Waals surface area contributed by atoms with Crippen molar-refractivity contribution in [1.29, 1.82) is 0 Å². The van der Waals surface area contributed by atoms with Crippen molar-refractivity contribution in [1.82, 2.24) is 0 Å². The summed E-state index contributed by atoms with van der Waals surface area (Å²) in [5.41, 5.74) is 5.20. The molecule has 0 aliphatic carbocycles. The lowest BCUT2D eigenvalue weighted by molar-refractivity contribution is -0.122. The van der Waals surface area contributed by atoms with Crippen LogP contribution in [0, 0.1) is 13.8 Å². The first-order valence-electron chi connectivity index (χ1n) is 8.74. The lowest BCUT2D eigenvalue weighted by Gasteiger charge is -2.17. The molecule has 0 bridgehead atoms. The van der Waals surface area contributed by atoms with Crippen LogP contribution in [0.5, 0.6) is 5.75 Å². The van der Waals surface area contributed by atoms with E-state index >= 15 is 0 Å². The normalized spacial score (nSPS) is 11.7. The van der Waals surface area contributed by atoms with Crippen molar-refractivity contribution in [3.8, 4) is 16.9 Å².